The molecule has 2 aromatic heterocycles. The minimum Gasteiger partial charge on any atom is -0.464 e. The van der Waals surface area contributed by atoms with Gasteiger partial charge in [0.2, 0.25) is 0 Å². The molecule has 2 nitrogen and oxygen atoms in total. The molecule has 0 unspecified atom stereocenters. The molecule has 0 aliphatic carbocycles. The zero-order valence-electron chi connectivity index (χ0n) is 4.74. The molecule has 10 heavy (non-hydrogen) atoms. The van der Waals surface area contributed by atoms with Gasteiger partial charge in [-0.05, 0) is 12.1 Å². The molecule has 0 fully saturated rings. The average molecular weight is 242 g/mol. The Balaban J connectivity index is 0.000000500. The first kappa shape index (κ1) is 7.59. The van der Waals surface area contributed by atoms with E-state index in [-0.39, 0.29) is 23.9 Å². The van der Waals surface area contributed by atoms with Crippen LogP contribution in [-0.2, 0) is 0 Å². The Morgan fingerprint density at radius 3 is 3.00 bits per heavy atom. The minimum atomic E-state index is 0. The third-order valence-electron chi connectivity index (χ3n) is 1.25. The molecule has 0 radical (unpaired) electrons. The van der Waals surface area contributed by atoms with Gasteiger partial charge in [0.15, 0.2) is 0 Å². The average Bonchev–Trinajstić information content (AvgIpc) is 2.33. The molecule has 0 amide bonds. The van der Waals surface area contributed by atoms with Crippen LogP contribution in [0.15, 0.2) is 35.2 Å². The molecule has 0 atom stereocenters. The molecule has 3 heteroatoms. The third-order valence-corrected chi connectivity index (χ3v) is 1.25. The van der Waals surface area contributed by atoms with Gasteiger partial charge in [-0.3, -0.25) is 4.98 Å². The molecule has 0 spiro atoms. The number of furan rings is 1. The molecule has 0 saturated carbocycles. The molecular formula is C7H9NOSn. The number of rotatable bonds is 0. The maximum absolute atomic E-state index is 5.08. The van der Waals surface area contributed by atoms with Gasteiger partial charge in [-0.1, -0.05) is 0 Å². The molecule has 2 rings (SSSR count). The molecule has 0 aliphatic heterocycles. The number of hydrogen-bond donors (Lipinski definition) is 0. The molecule has 52 valence electrons. The Morgan fingerprint density at radius 1 is 1.30 bits per heavy atom. The first-order chi connectivity index (χ1) is 4.47. The monoisotopic (exact) mass is 243 g/mol. The molecule has 0 saturated heterocycles. The van der Waals surface area contributed by atoms with Crippen molar-refractivity contribution in [2.45, 2.75) is 0 Å². The predicted molar refractivity (Wildman–Crippen MR) is 45.3 cm³/mol. The van der Waals surface area contributed by atoms with E-state index in [2.05, 4.69) is 4.98 Å². The van der Waals surface area contributed by atoms with E-state index in [4.69, 9.17) is 4.42 Å². The van der Waals surface area contributed by atoms with Gasteiger partial charge in [-0.25, -0.2) is 0 Å². The molecule has 2 aromatic rings. The summed E-state index contributed by atoms with van der Waals surface area (Å²) in [6, 6.07) is 3.73. The third kappa shape index (κ3) is 1.16. The van der Waals surface area contributed by atoms with Crippen molar-refractivity contribution in [1.82, 2.24) is 4.98 Å². The van der Waals surface area contributed by atoms with Gasteiger partial charge < -0.3 is 4.42 Å². The quantitative estimate of drug-likeness (QED) is 0.624. The number of fused-ring (bicyclic) bond motifs is 1. The number of hydrogen-bond acceptors (Lipinski definition) is 2. The van der Waals surface area contributed by atoms with Gasteiger partial charge in [-0.2, -0.15) is 0 Å². The van der Waals surface area contributed by atoms with E-state index in [1.807, 2.05) is 12.1 Å². The van der Waals surface area contributed by atoms with E-state index in [1.165, 1.54) is 0 Å². The van der Waals surface area contributed by atoms with Crippen molar-refractivity contribution in [2.75, 3.05) is 0 Å². The summed E-state index contributed by atoms with van der Waals surface area (Å²) in [4.78, 5) is 3.93. The first-order valence-corrected chi connectivity index (χ1v) is 2.74. The molecule has 0 aromatic carbocycles. The zero-order valence-corrected chi connectivity index (χ0v) is 4.74. The van der Waals surface area contributed by atoms with Crippen LogP contribution in [0, 0.1) is 0 Å². The molecule has 0 N–H and O–H groups in total. The topological polar surface area (TPSA) is 26.0 Å². The summed E-state index contributed by atoms with van der Waals surface area (Å²) in [6.45, 7) is 0. The van der Waals surface area contributed by atoms with Crippen LogP contribution in [0.5, 0.6) is 0 Å². The second-order valence-corrected chi connectivity index (χ2v) is 1.83. The summed E-state index contributed by atoms with van der Waals surface area (Å²) in [7, 11) is 0. The fraction of sp³-hybridized carbons (Fsp3) is 0. The minimum absolute atomic E-state index is 0. The second-order valence-electron chi connectivity index (χ2n) is 1.83. The summed E-state index contributed by atoms with van der Waals surface area (Å²) >= 11 is 0. The van der Waals surface area contributed by atoms with Gasteiger partial charge in [0.1, 0.15) is 5.58 Å². The Kier molecular flexibility index (Phi) is 2.32. The molecule has 2 heterocycles. The maximum atomic E-state index is 5.08. The SMILES string of the molecule is [SnH4].c1cc2occc2cn1. The standard InChI is InChI=1S/C7H5NO.Sn.4H/c1-3-8-5-6-2-4-9-7(1)6;;;;;/h1-5H;;;;;. The van der Waals surface area contributed by atoms with Crippen LogP contribution >= 0.6 is 0 Å². The smallest absolute Gasteiger partial charge is 0.136 e. The van der Waals surface area contributed by atoms with E-state index < -0.39 is 0 Å². The van der Waals surface area contributed by atoms with Crippen LogP contribution in [0.3, 0.4) is 0 Å². The molecule has 0 aliphatic rings. The fourth-order valence-corrected chi connectivity index (χ4v) is 0.807. The van der Waals surface area contributed by atoms with Crippen molar-refractivity contribution in [2.24, 2.45) is 0 Å². The Bertz CT molecular complexity index is 288. The Morgan fingerprint density at radius 2 is 2.20 bits per heavy atom. The molecule has 0 bridgehead atoms. The van der Waals surface area contributed by atoms with E-state index >= 15 is 0 Å². The van der Waals surface area contributed by atoms with E-state index in [1.54, 1.807) is 18.7 Å². The van der Waals surface area contributed by atoms with Gasteiger partial charge >= 0.3 is 23.9 Å². The van der Waals surface area contributed by atoms with Crippen molar-refractivity contribution in [3.8, 4) is 0 Å². The summed E-state index contributed by atoms with van der Waals surface area (Å²) < 4.78 is 5.08. The summed E-state index contributed by atoms with van der Waals surface area (Å²) in [5.74, 6) is 0. The summed E-state index contributed by atoms with van der Waals surface area (Å²) in [5, 5.41) is 1.05. The van der Waals surface area contributed by atoms with Crippen molar-refractivity contribution in [3.63, 3.8) is 0 Å². The van der Waals surface area contributed by atoms with Crippen LogP contribution in [0.1, 0.15) is 0 Å². The van der Waals surface area contributed by atoms with E-state index in [0.29, 0.717) is 0 Å². The summed E-state index contributed by atoms with van der Waals surface area (Å²) in [5.41, 5.74) is 0.894. The number of aromatic nitrogens is 1. The number of pyridine rings is 1. The van der Waals surface area contributed by atoms with Gasteiger partial charge in [0.05, 0.1) is 6.26 Å². The van der Waals surface area contributed by atoms with E-state index in [0.717, 1.165) is 11.0 Å². The summed E-state index contributed by atoms with van der Waals surface area (Å²) in [6.07, 6.45) is 5.15. The predicted octanol–water partition coefficient (Wildman–Crippen LogP) is 0.376. The Hall–Kier alpha value is -0.511. The van der Waals surface area contributed by atoms with Crippen molar-refractivity contribution >= 4 is 34.9 Å². The van der Waals surface area contributed by atoms with Crippen LogP contribution in [0.4, 0.5) is 0 Å². The number of nitrogens with zero attached hydrogens (tertiary/aromatic N) is 1. The normalized spacial score (nSPS) is 9.20. The Labute approximate surface area is 75.2 Å². The largest absolute Gasteiger partial charge is 0.464 e. The van der Waals surface area contributed by atoms with Gasteiger partial charge in [0, 0.05) is 17.8 Å². The van der Waals surface area contributed by atoms with Gasteiger partial charge in [-0.15, -0.1) is 0 Å². The van der Waals surface area contributed by atoms with Crippen LogP contribution in [-0.4, -0.2) is 28.9 Å². The maximum Gasteiger partial charge on any atom is 0.136 e. The van der Waals surface area contributed by atoms with Crippen LogP contribution in [0.25, 0.3) is 11.0 Å². The van der Waals surface area contributed by atoms with Crippen molar-refractivity contribution in [1.29, 1.82) is 0 Å². The first-order valence-electron chi connectivity index (χ1n) is 2.74. The molecular weight excluding hydrogens is 233 g/mol. The zero-order chi connectivity index (χ0) is 6.10. The fourth-order valence-electron chi connectivity index (χ4n) is 0.807. The second kappa shape index (κ2) is 3.05. The van der Waals surface area contributed by atoms with Crippen molar-refractivity contribution in [3.05, 3.63) is 30.8 Å². The van der Waals surface area contributed by atoms with Crippen LogP contribution < -0.4 is 0 Å². The van der Waals surface area contributed by atoms with Gasteiger partial charge in [0.25, 0.3) is 0 Å². The van der Waals surface area contributed by atoms with Crippen molar-refractivity contribution < 1.29 is 4.42 Å². The van der Waals surface area contributed by atoms with Crippen LogP contribution in [0.2, 0.25) is 0 Å². The van der Waals surface area contributed by atoms with E-state index in [9.17, 15) is 0 Å².